The first-order valence-corrected chi connectivity index (χ1v) is 5.62. The van der Waals surface area contributed by atoms with Gasteiger partial charge >= 0.3 is 0 Å². The van der Waals surface area contributed by atoms with Crippen molar-refractivity contribution in [2.45, 2.75) is 18.9 Å². The predicted octanol–water partition coefficient (Wildman–Crippen LogP) is 1.75. The Labute approximate surface area is 87.3 Å². The number of ether oxygens (including phenoxy) is 1. The monoisotopic (exact) mass is 208 g/mol. The molecule has 1 saturated heterocycles. The van der Waals surface area contributed by atoms with Crippen LogP contribution in [0.5, 0.6) is 5.06 Å². The van der Waals surface area contributed by atoms with Crippen molar-refractivity contribution in [1.82, 2.24) is 5.32 Å². The van der Waals surface area contributed by atoms with Crippen LogP contribution in [0, 0.1) is 11.3 Å². The zero-order valence-electron chi connectivity index (χ0n) is 7.82. The van der Waals surface area contributed by atoms with Crippen molar-refractivity contribution in [2.24, 2.45) is 0 Å². The fourth-order valence-corrected chi connectivity index (χ4v) is 2.27. The number of rotatable bonds is 2. The molecule has 0 spiro atoms. The third kappa shape index (κ3) is 2.25. The molecule has 0 amide bonds. The standard InChI is InChI=1S/C10H12N2OS/c11-6-8-5-10(14-7-8)13-9-1-3-12-4-2-9/h5,7,9,12H,1-4H2. The van der Waals surface area contributed by atoms with E-state index in [-0.39, 0.29) is 0 Å². The van der Waals surface area contributed by atoms with Crippen LogP contribution in [0.3, 0.4) is 0 Å². The SMILES string of the molecule is N#Cc1csc(OC2CCNCC2)c1. The molecule has 2 rings (SSSR count). The molecule has 1 aromatic heterocycles. The summed E-state index contributed by atoms with van der Waals surface area (Å²) in [5, 5.41) is 14.6. The highest BCUT2D eigenvalue weighted by molar-refractivity contribution is 7.12. The minimum absolute atomic E-state index is 0.321. The van der Waals surface area contributed by atoms with Gasteiger partial charge in [-0.1, -0.05) is 0 Å². The molecule has 0 aromatic carbocycles. The number of nitrogens with zero attached hydrogens (tertiary/aromatic N) is 1. The maximum absolute atomic E-state index is 8.65. The summed E-state index contributed by atoms with van der Waals surface area (Å²) in [6, 6.07) is 3.91. The summed E-state index contributed by atoms with van der Waals surface area (Å²) in [7, 11) is 0. The van der Waals surface area contributed by atoms with E-state index in [1.165, 1.54) is 11.3 Å². The van der Waals surface area contributed by atoms with Gasteiger partial charge < -0.3 is 10.1 Å². The molecule has 14 heavy (non-hydrogen) atoms. The highest BCUT2D eigenvalue weighted by atomic mass is 32.1. The van der Waals surface area contributed by atoms with Gasteiger partial charge in [0.15, 0.2) is 5.06 Å². The van der Waals surface area contributed by atoms with Crippen molar-refractivity contribution in [1.29, 1.82) is 5.26 Å². The largest absolute Gasteiger partial charge is 0.481 e. The van der Waals surface area contributed by atoms with Crippen LogP contribution < -0.4 is 10.1 Å². The molecule has 1 fully saturated rings. The Kier molecular flexibility index (Phi) is 3.02. The predicted molar refractivity (Wildman–Crippen MR) is 55.6 cm³/mol. The number of nitrogens with one attached hydrogen (secondary N) is 1. The summed E-state index contributed by atoms with van der Waals surface area (Å²) in [5.41, 5.74) is 0.693. The average Bonchev–Trinajstić information content (AvgIpc) is 2.67. The lowest BCUT2D eigenvalue weighted by molar-refractivity contribution is 0.168. The molecule has 4 heteroatoms. The van der Waals surface area contributed by atoms with Gasteiger partial charge in [0.2, 0.25) is 0 Å². The Balaban J connectivity index is 1.93. The van der Waals surface area contributed by atoms with E-state index in [0.29, 0.717) is 11.7 Å². The Morgan fingerprint density at radius 2 is 2.29 bits per heavy atom. The van der Waals surface area contributed by atoms with Crippen LogP contribution in [0.1, 0.15) is 18.4 Å². The van der Waals surface area contributed by atoms with Crippen LogP contribution in [0.2, 0.25) is 0 Å². The third-order valence-electron chi connectivity index (χ3n) is 2.27. The topological polar surface area (TPSA) is 45.0 Å². The average molecular weight is 208 g/mol. The fraction of sp³-hybridized carbons (Fsp3) is 0.500. The zero-order valence-corrected chi connectivity index (χ0v) is 8.64. The maximum atomic E-state index is 8.65. The Morgan fingerprint density at radius 1 is 1.50 bits per heavy atom. The first kappa shape index (κ1) is 9.50. The van der Waals surface area contributed by atoms with Gasteiger partial charge in [0, 0.05) is 11.4 Å². The Bertz CT molecular complexity index is 336. The van der Waals surface area contributed by atoms with Gasteiger partial charge in [-0.05, 0) is 25.9 Å². The quantitative estimate of drug-likeness (QED) is 0.805. The minimum Gasteiger partial charge on any atom is -0.481 e. The fourth-order valence-electron chi connectivity index (χ4n) is 1.51. The Morgan fingerprint density at radius 3 is 2.93 bits per heavy atom. The second-order valence-electron chi connectivity index (χ2n) is 3.33. The molecular formula is C10H12N2OS. The van der Waals surface area contributed by atoms with Gasteiger partial charge in [0.1, 0.15) is 12.2 Å². The van der Waals surface area contributed by atoms with Crippen molar-refractivity contribution in [3.63, 3.8) is 0 Å². The van der Waals surface area contributed by atoms with Crippen LogP contribution in [0.15, 0.2) is 11.4 Å². The molecule has 1 aliphatic heterocycles. The van der Waals surface area contributed by atoms with E-state index in [1.54, 1.807) is 0 Å². The number of nitriles is 1. The van der Waals surface area contributed by atoms with E-state index in [0.717, 1.165) is 31.0 Å². The van der Waals surface area contributed by atoms with Crippen molar-refractivity contribution in [3.8, 4) is 11.1 Å². The van der Waals surface area contributed by atoms with E-state index in [2.05, 4.69) is 11.4 Å². The summed E-state index contributed by atoms with van der Waals surface area (Å²) in [6.45, 7) is 2.06. The van der Waals surface area contributed by atoms with Crippen molar-refractivity contribution in [3.05, 3.63) is 17.0 Å². The molecule has 0 atom stereocenters. The second kappa shape index (κ2) is 4.45. The van der Waals surface area contributed by atoms with E-state index in [9.17, 15) is 0 Å². The first-order valence-electron chi connectivity index (χ1n) is 4.74. The molecule has 0 unspecified atom stereocenters. The highest BCUT2D eigenvalue weighted by Crippen LogP contribution is 2.25. The molecule has 0 bridgehead atoms. The number of thiophene rings is 1. The summed E-state index contributed by atoms with van der Waals surface area (Å²) in [6.07, 6.45) is 2.43. The van der Waals surface area contributed by atoms with E-state index >= 15 is 0 Å². The third-order valence-corrected chi connectivity index (χ3v) is 3.09. The molecule has 1 aromatic rings. The van der Waals surface area contributed by atoms with Crippen LogP contribution in [0.4, 0.5) is 0 Å². The summed E-state index contributed by atoms with van der Waals surface area (Å²) in [5.74, 6) is 0. The van der Waals surface area contributed by atoms with E-state index in [4.69, 9.17) is 10.00 Å². The van der Waals surface area contributed by atoms with Gasteiger partial charge in [0.05, 0.1) is 5.56 Å². The summed E-state index contributed by atoms with van der Waals surface area (Å²) in [4.78, 5) is 0. The van der Waals surface area contributed by atoms with Gasteiger partial charge in [-0.25, -0.2) is 0 Å². The van der Waals surface area contributed by atoms with Crippen LogP contribution in [-0.2, 0) is 0 Å². The van der Waals surface area contributed by atoms with Gasteiger partial charge in [-0.3, -0.25) is 0 Å². The molecule has 2 heterocycles. The maximum Gasteiger partial charge on any atom is 0.175 e. The number of hydrogen-bond acceptors (Lipinski definition) is 4. The second-order valence-corrected chi connectivity index (χ2v) is 4.21. The van der Waals surface area contributed by atoms with Gasteiger partial charge in [0.25, 0.3) is 0 Å². The summed E-state index contributed by atoms with van der Waals surface area (Å²) < 4.78 is 5.77. The highest BCUT2D eigenvalue weighted by Gasteiger charge is 2.15. The lowest BCUT2D eigenvalue weighted by Gasteiger charge is -2.22. The number of piperidine rings is 1. The van der Waals surface area contributed by atoms with Crippen molar-refractivity contribution < 1.29 is 4.74 Å². The normalized spacial score (nSPS) is 17.6. The van der Waals surface area contributed by atoms with Crippen LogP contribution >= 0.6 is 11.3 Å². The molecule has 0 radical (unpaired) electrons. The van der Waals surface area contributed by atoms with E-state index in [1.807, 2.05) is 11.4 Å². The Hall–Kier alpha value is -1.05. The number of hydrogen-bond donors (Lipinski definition) is 1. The van der Waals surface area contributed by atoms with Crippen LogP contribution in [-0.4, -0.2) is 19.2 Å². The minimum atomic E-state index is 0.321. The smallest absolute Gasteiger partial charge is 0.175 e. The zero-order chi connectivity index (χ0) is 9.80. The lowest BCUT2D eigenvalue weighted by atomic mass is 10.1. The molecule has 1 N–H and O–H groups in total. The lowest BCUT2D eigenvalue weighted by Crippen LogP contribution is -2.33. The molecule has 1 aliphatic rings. The van der Waals surface area contributed by atoms with Crippen molar-refractivity contribution in [2.75, 3.05) is 13.1 Å². The van der Waals surface area contributed by atoms with Gasteiger partial charge in [-0.2, -0.15) is 5.26 Å². The van der Waals surface area contributed by atoms with E-state index < -0.39 is 0 Å². The molecule has 0 saturated carbocycles. The molecule has 0 aliphatic carbocycles. The summed E-state index contributed by atoms with van der Waals surface area (Å²) >= 11 is 1.50. The van der Waals surface area contributed by atoms with Crippen molar-refractivity contribution >= 4 is 11.3 Å². The van der Waals surface area contributed by atoms with Gasteiger partial charge in [-0.15, -0.1) is 11.3 Å². The molecule has 3 nitrogen and oxygen atoms in total. The molecular weight excluding hydrogens is 196 g/mol. The first-order chi connectivity index (χ1) is 6.88. The molecule has 74 valence electrons. The van der Waals surface area contributed by atoms with Crippen LogP contribution in [0.25, 0.3) is 0 Å².